The SMILES string of the molecule is Nc1ccc(OCCCCCN(C(=O)c2ccccc2)c2ccccc2)cc1. The zero-order valence-corrected chi connectivity index (χ0v) is 16.0. The highest BCUT2D eigenvalue weighted by Gasteiger charge is 2.16. The summed E-state index contributed by atoms with van der Waals surface area (Å²) in [4.78, 5) is 14.8. The lowest BCUT2D eigenvalue weighted by Gasteiger charge is -2.23. The molecule has 0 radical (unpaired) electrons. The first-order chi connectivity index (χ1) is 13.7. The molecule has 0 atom stereocenters. The summed E-state index contributed by atoms with van der Waals surface area (Å²) in [5.41, 5.74) is 8.04. The summed E-state index contributed by atoms with van der Waals surface area (Å²) in [7, 11) is 0. The molecule has 0 heterocycles. The summed E-state index contributed by atoms with van der Waals surface area (Å²) >= 11 is 0. The second-order valence-electron chi connectivity index (χ2n) is 6.64. The quantitative estimate of drug-likeness (QED) is 0.415. The predicted molar refractivity (Wildman–Crippen MR) is 115 cm³/mol. The van der Waals surface area contributed by atoms with Crippen molar-refractivity contribution < 1.29 is 9.53 Å². The van der Waals surface area contributed by atoms with Crippen LogP contribution >= 0.6 is 0 Å². The first kappa shape index (κ1) is 19.5. The largest absolute Gasteiger partial charge is 0.494 e. The fourth-order valence-corrected chi connectivity index (χ4v) is 3.00. The summed E-state index contributed by atoms with van der Waals surface area (Å²) in [5.74, 6) is 0.865. The predicted octanol–water partition coefficient (Wildman–Crippen LogP) is 5.16. The van der Waals surface area contributed by atoms with Crippen LogP contribution in [0.1, 0.15) is 29.6 Å². The first-order valence-electron chi connectivity index (χ1n) is 9.64. The number of amides is 1. The zero-order valence-electron chi connectivity index (χ0n) is 16.0. The van der Waals surface area contributed by atoms with Crippen LogP contribution in [0.25, 0.3) is 0 Å². The number of nitrogens with zero attached hydrogens (tertiary/aromatic N) is 1. The van der Waals surface area contributed by atoms with Gasteiger partial charge < -0.3 is 15.4 Å². The standard InChI is InChI=1S/C24H26N2O2/c25-21-14-16-23(17-15-21)28-19-9-3-8-18-26(22-12-6-2-7-13-22)24(27)20-10-4-1-5-11-20/h1-2,4-7,10-17H,3,8-9,18-19,25H2. The maximum Gasteiger partial charge on any atom is 0.258 e. The van der Waals surface area contributed by atoms with E-state index in [9.17, 15) is 4.79 Å². The highest BCUT2D eigenvalue weighted by Crippen LogP contribution is 2.18. The number of unbranched alkanes of at least 4 members (excludes halogenated alkanes) is 2. The molecule has 0 spiro atoms. The van der Waals surface area contributed by atoms with Crippen LogP contribution in [0.2, 0.25) is 0 Å². The Balaban J connectivity index is 1.51. The summed E-state index contributed by atoms with van der Waals surface area (Å²) in [6.07, 6.45) is 2.84. The number of ether oxygens (including phenoxy) is 1. The van der Waals surface area contributed by atoms with Gasteiger partial charge in [0.25, 0.3) is 5.91 Å². The van der Waals surface area contributed by atoms with Gasteiger partial charge in [-0.15, -0.1) is 0 Å². The minimum absolute atomic E-state index is 0.0323. The van der Waals surface area contributed by atoms with Crippen LogP contribution in [0.4, 0.5) is 11.4 Å². The van der Waals surface area contributed by atoms with E-state index in [1.54, 1.807) is 0 Å². The maximum atomic E-state index is 13.0. The third-order valence-corrected chi connectivity index (χ3v) is 4.51. The lowest BCUT2D eigenvalue weighted by atomic mass is 10.1. The van der Waals surface area contributed by atoms with Gasteiger partial charge in [0.05, 0.1) is 6.61 Å². The van der Waals surface area contributed by atoms with E-state index in [2.05, 4.69) is 0 Å². The van der Waals surface area contributed by atoms with E-state index in [-0.39, 0.29) is 5.91 Å². The Hall–Kier alpha value is -3.27. The van der Waals surface area contributed by atoms with Gasteiger partial charge in [-0.05, 0) is 67.8 Å². The zero-order chi connectivity index (χ0) is 19.6. The van der Waals surface area contributed by atoms with Crippen LogP contribution < -0.4 is 15.4 Å². The second-order valence-corrected chi connectivity index (χ2v) is 6.64. The monoisotopic (exact) mass is 374 g/mol. The van der Waals surface area contributed by atoms with Gasteiger partial charge in [-0.3, -0.25) is 4.79 Å². The third-order valence-electron chi connectivity index (χ3n) is 4.51. The van der Waals surface area contributed by atoms with E-state index < -0.39 is 0 Å². The van der Waals surface area contributed by atoms with Gasteiger partial charge in [-0.2, -0.15) is 0 Å². The molecule has 144 valence electrons. The van der Waals surface area contributed by atoms with Crippen LogP contribution in [0.5, 0.6) is 5.75 Å². The molecule has 0 unspecified atom stereocenters. The fourth-order valence-electron chi connectivity index (χ4n) is 3.00. The Labute approximate surface area is 166 Å². The molecule has 4 heteroatoms. The summed E-state index contributed by atoms with van der Waals surface area (Å²) in [6, 6.07) is 26.7. The van der Waals surface area contributed by atoms with Crippen LogP contribution in [0.3, 0.4) is 0 Å². The van der Waals surface area contributed by atoms with Gasteiger partial charge in [0.15, 0.2) is 0 Å². The number of hydrogen-bond acceptors (Lipinski definition) is 3. The molecular formula is C24H26N2O2. The van der Waals surface area contributed by atoms with Crippen LogP contribution in [-0.2, 0) is 0 Å². The lowest BCUT2D eigenvalue weighted by Crippen LogP contribution is -2.31. The summed E-state index contributed by atoms with van der Waals surface area (Å²) in [6.45, 7) is 1.33. The van der Waals surface area contributed by atoms with Gasteiger partial charge >= 0.3 is 0 Å². The third kappa shape index (κ3) is 5.61. The van der Waals surface area contributed by atoms with E-state index >= 15 is 0 Å². The van der Waals surface area contributed by atoms with Crippen molar-refractivity contribution in [1.29, 1.82) is 0 Å². The number of carbonyl (C=O) groups excluding carboxylic acids is 1. The number of hydrogen-bond donors (Lipinski definition) is 1. The average Bonchev–Trinajstić information content (AvgIpc) is 2.75. The maximum absolute atomic E-state index is 13.0. The highest BCUT2D eigenvalue weighted by molar-refractivity contribution is 6.06. The Bertz CT molecular complexity index is 849. The number of carbonyl (C=O) groups is 1. The topological polar surface area (TPSA) is 55.6 Å². The smallest absolute Gasteiger partial charge is 0.258 e. The van der Waals surface area contributed by atoms with E-state index in [0.717, 1.165) is 36.4 Å². The van der Waals surface area contributed by atoms with Crippen molar-refractivity contribution in [3.05, 3.63) is 90.5 Å². The minimum Gasteiger partial charge on any atom is -0.494 e. The van der Waals surface area contributed by atoms with Crippen molar-refractivity contribution in [2.75, 3.05) is 23.8 Å². The van der Waals surface area contributed by atoms with Gasteiger partial charge in [-0.1, -0.05) is 36.4 Å². The summed E-state index contributed by atoms with van der Waals surface area (Å²) < 4.78 is 5.73. The minimum atomic E-state index is 0.0323. The second kappa shape index (κ2) is 10.2. The fraction of sp³-hybridized carbons (Fsp3) is 0.208. The molecule has 3 aromatic rings. The van der Waals surface area contributed by atoms with E-state index in [1.165, 1.54) is 0 Å². The van der Waals surface area contributed by atoms with E-state index in [4.69, 9.17) is 10.5 Å². The van der Waals surface area contributed by atoms with Crippen molar-refractivity contribution >= 4 is 17.3 Å². The van der Waals surface area contributed by atoms with Crippen LogP contribution in [-0.4, -0.2) is 19.1 Å². The van der Waals surface area contributed by atoms with Crippen molar-refractivity contribution in [3.63, 3.8) is 0 Å². The number of nitrogens with two attached hydrogens (primary N) is 1. The molecule has 0 aliphatic heterocycles. The molecule has 0 aliphatic carbocycles. The number of anilines is 2. The van der Waals surface area contributed by atoms with Crippen molar-refractivity contribution in [2.45, 2.75) is 19.3 Å². The van der Waals surface area contributed by atoms with Crippen LogP contribution in [0, 0.1) is 0 Å². The number of para-hydroxylation sites is 1. The first-order valence-corrected chi connectivity index (χ1v) is 9.64. The van der Waals surface area contributed by atoms with Crippen molar-refractivity contribution in [3.8, 4) is 5.75 Å². The molecule has 0 saturated heterocycles. The molecule has 4 nitrogen and oxygen atoms in total. The Morgan fingerprint density at radius 3 is 2.11 bits per heavy atom. The summed E-state index contributed by atoms with van der Waals surface area (Å²) in [5, 5.41) is 0. The van der Waals surface area contributed by atoms with Gasteiger partial charge in [0, 0.05) is 23.5 Å². The molecule has 2 N–H and O–H groups in total. The average molecular weight is 374 g/mol. The van der Waals surface area contributed by atoms with Crippen molar-refractivity contribution in [2.24, 2.45) is 0 Å². The molecule has 0 aromatic heterocycles. The molecule has 0 aliphatic rings. The number of nitrogen functional groups attached to an aromatic ring is 1. The van der Waals surface area contributed by atoms with Gasteiger partial charge in [0.1, 0.15) is 5.75 Å². The molecule has 0 saturated carbocycles. The van der Waals surface area contributed by atoms with E-state index in [0.29, 0.717) is 18.7 Å². The molecule has 0 bridgehead atoms. The number of benzene rings is 3. The molecule has 3 aromatic carbocycles. The van der Waals surface area contributed by atoms with E-state index in [1.807, 2.05) is 89.8 Å². The molecule has 1 amide bonds. The Morgan fingerprint density at radius 1 is 0.786 bits per heavy atom. The van der Waals surface area contributed by atoms with Gasteiger partial charge in [-0.25, -0.2) is 0 Å². The van der Waals surface area contributed by atoms with Crippen LogP contribution in [0.15, 0.2) is 84.9 Å². The highest BCUT2D eigenvalue weighted by atomic mass is 16.5. The van der Waals surface area contributed by atoms with Crippen molar-refractivity contribution in [1.82, 2.24) is 0 Å². The van der Waals surface area contributed by atoms with Gasteiger partial charge in [0.2, 0.25) is 0 Å². The molecule has 3 rings (SSSR count). The number of rotatable bonds is 9. The lowest BCUT2D eigenvalue weighted by molar-refractivity contribution is 0.0986. The molecule has 28 heavy (non-hydrogen) atoms. The Morgan fingerprint density at radius 2 is 1.43 bits per heavy atom. The molecular weight excluding hydrogens is 348 g/mol. The Kier molecular flexibility index (Phi) is 7.08. The molecule has 0 fully saturated rings. The normalized spacial score (nSPS) is 10.4.